The van der Waals surface area contributed by atoms with Crippen LogP contribution in [0, 0.1) is 0 Å². The molecule has 0 aliphatic heterocycles. The number of nitrogens with one attached hydrogen (secondary N) is 1. The number of carbonyl (C=O) groups is 1. The maximum atomic E-state index is 12.3. The molecule has 2 rings (SSSR count). The highest BCUT2D eigenvalue weighted by molar-refractivity contribution is 9.10. The van der Waals surface area contributed by atoms with E-state index in [2.05, 4.69) is 26.0 Å². The van der Waals surface area contributed by atoms with Gasteiger partial charge in [-0.15, -0.1) is 0 Å². The topological polar surface area (TPSA) is 38.3 Å². The molecule has 0 aliphatic carbocycles. The fourth-order valence-electron chi connectivity index (χ4n) is 1.99. The number of ether oxygens (including phenoxy) is 1. The van der Waals surface area contributed by atoms with Gasteiger partial charge in [-0.3, -0.25) is 4.79 Å². The maximum absolute atomic E-state index is 12.3. The lowest BCUT2D eigenvalue weighted by Crippen LogP contribution is -2.27. The van der Waals surface area contributed by atoms with Gasteiger partial charge in [0.1, 0.15) is 5.75 Å². The second kappa shape index (κ2) is 7.75. The number of alkyl halides is 2. The Morgan fingerprint density at radius 3 is 2.70 bits per heavy atom. The van der Waals surface area contributed by atoms with Crippen molar-refractivity contribution in [3.8, 4) is 5.75 Å². The summed E-state index contributed by atoms with van der Waals surface area (Å²) in [5, 5.41) is 3.23. The van der Waals surface area contributed by atoms with Crippen molar-refractivity contribution in [1.29, 1.82) is 0 Å². The molecule has 0 radical (unpaired) electrons. The molecule has 7 heteroatoms. The van der Waals surface area contributed by atoms with Crippen LogP contribution in [0.5, 0.6) is 5.75 Å². The molecule has 23 heavy (non-hydrogen) atoms. The van der Waals surface area contributed by atoms with Crippen molar-refractivity contribution < 1.29 is 18.3 Å². The predicted molar refractivity (Wildman–Crippen MR) is 88.1 cm³/mol. The van der Waals surface area contributed by atoms with E-state index in [1.807, 2.05) is 0 Å². The van der Waals surface area contributed by atoms with Crippen LogP contribution in [0.15, 0.2) is 46.9 Å². The van der Waals surface area contributed by atoms with Gasteiger partial charge in [0, 0.05) is 9.50 Å². The molecule has 2 aromatic carbocycles. The monoisotopic (exact) mass is 403 g/mol. The summed E-state index contributed by atoms with van der Waals surface area (Å²) in [6, 6.07) is 10.7. The molecule has 0 aromatic heterocycles. The van der Waals surface area contributed by atoms with E-state index in [1.54, 1.807) is 37.3 Å². The smallest absolute Gasteiger partial charge is 0.387 e. The Labute approximate surface area is 145 Å². The fourth-order valence-corrected chi connectivity index (χ4v) is 2.59. The Morgan fingerprint density at radius 2 is 2.00 bits per heavy atom. The minimum absolute atomic E-state index is 0.0440. The average molecular weight is 405 g/mol. The standard InChI is InChI=1S/C16H13BrClF2NO2/c1-9(10-3-2-4-12(7-10)23-16(19)20)21-15(22)13-8-11(18)5-6-14(13)17/h2-9,16H,1H3,(H,21,22). The molecule has 122 valence electrons. The zero-order chi connectivity index (χ0) is 17.0. The zero-order valence-corrected chi connectivity index (χ0v) is 14.4. The van der Waals surface area contributed by atoms with Crippen LogP contribution in [0.4, 0.5) is 8.78 Å². The van der Waals surface area contributed by atoms with Gasteiger partial charge >= 0.3 is 6.61 Å². The van der Waals surface area contributed by atoms with Crippen LogP contribution in [0.2, 0.25) is 5.02 Å². The summed E-state index contributed by atoms with van der Waals surface area (Å²) in [5.74, 6) is -0.283. The molecule has 0 spiro atoms. The van der Waals surface area contributed by atoms with Gasteiger partial charge in [-0.05, 0) is 58.7 Å². The Balaban J connectivity index is 2.13. The summed E-state index contributed by atoms with van der Waals surface area (Å²) in [6.45, 7) is -1.14. The molecule has 0 bridgehead atoms. The molecule has 1 unspecified atom stereocenters. The zero-order valence-electron chi connectivity index (χ0n) is 12.0. The van der Waals surface area contributed by atoms with E-state index in [0.717, 1.165) is 0 Å². The third kappa shape index (κ3) is 4.91. The second-order valence-corrected chi connectivity index (χ2v) is 6.06. The highest BCUT2D eigenvalue weighted by Crippen LogP contribution is 2.24. The van der Waals surface area contributed by atoms with Crippen molar-refractivity contribution >= 4 is 33.4 Å². The molecule has 1 amide bonds. The van der Waals surface area contributed by atoms with Crippen LogP contribution < -0.4 is 10.1 Å². The van der Waals surface area contributed by atoms with Gasteiger partial charge in [-0.25, -0.2) is 0 Å². The summed E-state index contributed by atoms with van der Waals surface area (Å²) in [6.07, 6.45) is 0. The van der Waals surface area contributed by atoms with Crippen LogP contribution in [0.1, 0.15) is 28.9 Å². The van der Waals surface area contributed by atoms with Crippen molar-refractivity contribution in [2.45, 2.75) is 19.6 Å². The quantitative estimate of drug-likeness (QED) is 0.744. The normalized spacial score (nSPS) is 12.1. The lowest BCUT2D eigenvalue weighted by molar-refractivity contribution is -0.0499. The van der Waals surface area contributed by atoms with Gasteiger partial charge in [0.2, 0.25) is 0 Å². The molecule has 0 aliphatic rings. The minimum atomic E-state index is -2.89. The first-order chi connectivity index (χ1) is 10.9. The Morgan fingerprint density at radius 1 is 1.26 bits per heavy atom. The van der Waals surface area contributed by atoms with Gasteiger partial charge in [-0.1, -0.05) is 23.7 Å². The van der Waals surface area contributed by atoms with E-state index in [9.17, 15) is 13.6 Å². The summed E-state index contributed by atoms with van der Waals surface area (Å²) >= 11 is 9.19. The second-order valence-electron chi connectivity index (χ2n) is 4.77. The number of hydrogen-bond acceptors (Lipinski definition) is 2. The predicted octanol–water partition coefficient (Wildman–Crippen LogP) is 5.19. The third-order valence-electron chi connectivity index (χ3n) is 3.10. The van der Waals surface area contributed by atoms with E-state index in [-0.39, 0.29) is 11.7 Å². The highest BCUT2D eigenvalue weighted by Gasteiger charge is 2.15. The third-order valence-corrected chi connectivity index (χ3v) is 4.03. The van der Waals surface area contributed by atoms with Crippen molar-refractivity contribution in [1.82, 2.24) is 5.32 Å². The van der Waals surface area contributed by atoms with Crippen molar-refractivity contribution in [3.05, 3.63) is 63.1 Å². The van der Waals surface area contributed by atoms with Crippen molar-refractivity contribution in [2.75, 3.05) is 0 Å². The Bertz CT molecular complexity index is 712. The van der Waals surface area contributed by atoms with Gasteiger partial charge in [0.15, 0.2) is 0 Å². The van der Waals surface area contributed by atoms with E-state index < -0.39 is 12.7 Å². The van der Waals surface area contributed by atoms with E-state index in [4.69, 9.17) is 11.6 Å². The Hall–Kier alpha value is -1.66. The molecule has 2 aromatic rings. The van der Waals surface area contributed by atoms with Crippen LogP contribution in [0.25, 0.3) is 0 Å². The molecule has 0 saturated carbocycles. The molecule has 1 N–H and O–H groups in total. The van der Waals surface area contributed by atoms with E-state index in [1.165, 1.54) is 12.1 Å². The van der Waals surface area contributed by atoms with Crippen molar-refractivity contribution in [2.24, 2.45) is 0 Å². The number of benzene rings is 2. The summed E-state index contributed by atoms with van der Waals surface area (Å²) in [5.41, 5.74) is 1.04. The molecular weight excluding hydrogens is 392 g/mol. The Kier molecular flexibility index (Phi) is 5.96. The summed E-state index contributed by atoms with van der Waals surface area (Å²) < 4.78 is 29.5. The SMILES string of the molecule is CC(NC(=O)c1cc(Cl)ccc1Br)c1cccc(OC(F)F)c1. The molecular formula is C16H13BrClF2NO2. The minimum Gasteiger partial charge on any atom is -0.435 e. The number of carbonyl (C=O) groups excluding carboxylic acids is 1. The average Bonchev–Trinajstić information content (AvgIpc) is 2.49. The van der Waals surface area contributed by atoms with Crippen LogP contribution >= 0.6 is 27.5 Å². The number of amides is 1. The fraction of sp³-hybridized carbons (Fsp3) is 0.188. The molecule has 0 saturated heterocycles. The molecule has 3 nitrogen and oxygen atoms in total. The number of rotatable bonds is 5. The first kappa shape index (κ1) is 17.7. The number of hydrogen-bond donors (Lipinski definition) is 1. The van der Waals surface area contributed by atoms with Gasteiger partial charge < -0.3 is 10.1 Å². The van der Waals surface area contributed by atoms with E-state index >= 15 is 0 Å². The lowest BCUT2D eigenvalue weighted by Gasteiger charge is -2.16. The highest BCUT2D eigenvalue weighted by atomic mass is 79.9. The van der Waals surface area contributed by atoms with Gasteiger partial charge in [0.25, 0.3) is 5.91 Å². The summed E-state index contributed by atoms with van der Waals surface area (Å²) in [7, 11) is 0. The maximum Gasteiger partial charge on any atom is 0.387 e. The lowest BCUT2D eigenvalue weighted by atomic mass is 10.1. The van der Waals surface area contributed by atoms with Crippen molar-refractivity contribution in [3.63, 3.8) is 0 Å². The molecule has 1 atom stereocenters. The van der Waals surface area contributed by atoms with E-state index in [0.29, 0.717) is 20.6 Å². The molecule has 0 fully saturated rings. The van der Waals surface area contributed by atoms with Crippen LogP contribution in [-0.4, -0.2) is 12.5 Å². The van der Waals surface area contributed by atoms with Crippen LogP contribution in [0.3, 0.4) is 0 Å². The first-order valence-corrected chi connectivity index (χ1v) is 7.84. The number of halogens is 4. The van der Waals surface area contributed by atoms with Gasteiger partial charge in [0.05, 0.1) is 11.6 Å². The first-order valence-electron chi connectivity index (χ1n) is 6.67. The van der Waals surface area contributed by atoms with Gasteiger partial charge in [-0.2, -0.15) is 8.78 Å². The molecule has 0 heterocycles. The largest absolute Gasteiger partial charge is 0.435 e. The summed E-state index contributed by atoms with van der Waals surface area (Å²) in [4.78, 5) is 12.3. The van der Waals surface area contributed by atoms with Crippen LogP contribution in [-0.2, 0) is 0 Å².